The molecule has 0 saturated heterocycles. The Morgan fingerprint density at radius 1 is 1.40 bits per heavy atom. The zero-order chi connectivity index (χ0) is 14.9. The molecule has 6 nitrogen and oxygen atoms in total. The van der Waals surface area contributed by atoms with E-state index in [1.807, 2.05) is 0 Å². The summed E-state index contributed by atoms with van der Waals surface area (Å²) in [4.78, 5) is 22.8. The summed E-state index contributed by atoms with van der Waals surface area (Å²) in [7, 11) is 0. The number of phenolic OH excluding ortho intramolecular Hbond substituents is 1. The van der Waals surface area contributed by atoms with Crippen molar-refractivity contribution in [2.24, 2.45) is 0 Å². The van der Waals surface area contributed by atoms with Crippen molar-refractivity contribution in [1.29, 1.82) is 0 Å². The van der Waals surface area contributed by atoms with Crippen molar-refractivity contribution in [3.63, 3.8) is 0 Å². The van der Waals surface area contributed by atoms with Crippen LogP contribution in [0.4, 0.5) is 0 Å². The van der Waals surface area contributed by atoms with Crippen LogP contribution in [0.1, 0.15) is 25.5 Å². The highest BCUT2D eigenvalue weighted by molar-refractivity contribution is 5.89. The first-order chi connectivity index (χ1) is 9.43. The summed E-state index contributed by atoms with van der Waals surface area (Å²) in [6.45, 7) is 3.61. The predicted molar refractivity (Wildman–Crippen MR) is 71.4 cm³/mol. The Bertz CT molecular complexity index is 715. The fourth-order valence-electron chi connectivity index (χ4n) is 1.88. The molecule has 0 amide bonds. The Morgan fingerprint density at radius 3 is 2.70 bits per heavy atom. The van der Waals surface area contributed by atoms with Crippen molar-refractivity contribution in [3.8, 4) is 11.5 Å². The van der Waals surface area contributed by atoms with E-state index < -0.39 is 17.5 Å². The van der Waals surface area contributed by atoms with Gasteiger partial charge in [-0.05, 0) is 31.4 Å². The molecule has 0 fully saturated rings. The van der Waals surface area contributed by atoms with Crippen LogP contribution in [0.25, 0.3) is 10.8 Å². The van der Waals surface area contributed by atoms with Crippen LogP contribution in [0, 0.1) is 0 Å². The second-order valence-corrected chi connectivity index (χ2v) is 4.34. The lowest BCUT2D eigenvalue weighted by atomic mass is 10.1. The number of benzene rings is 1. The van der Waals surface area contributed by atoms with Crippen LogP contribution >= 0.6 is 0 Å². The molecule has 0 saturated carbocycles. The van der Waals surface area contributed by atoms with E-state index in [0.29, 0.717) is 17.7 Å². The Balaban J connectivity index is 2.68. The van der Waals surface area contributed by atoms with Gasteiger partial charge in [-0.25, -0.2) is 4.79 Å². The lowest BCUT2D eigenvalue weighted by Gasteiger charge is -2.09. The number of hydrogen-bond donors (Lipinski definition) is 2. The maximum Gasteiger partial charge on any atom is 0.347 e. The number of phenols is 1. The molecule has 1 aromatic heterocycles. The molecule has 0 radical (unpaired) electrons. The van der Waals surface area contributed by atoms with Crippen molar-refractivity contribution in [2.45, 2.75) is 19.8 Å². The predicted octanol–water partition coefficient (Wildman–Crippen LogP) is 2.09. The number of carboxylic acids is 1. The molecule has 6 heteroatoms. The van der Waals surface area contributed by atoms with Gasteiger partial charge in [0.15, 0.2) is 0 Å². The number of ether oxygens (including phenoxy) is 1. The molecule has 0 aliphatic rings. The van der Waals surface area contributed by atoms with E-state index >= 15 is 0 Å². The number of carboxylic acid groups (broad SMARTS) is 1. The van der Waals surface area contributed by atoms with Gasteiger partial charge in [0.05, 0.1) is 6.61 Å². The summed E-state index contributed by atoms with van der Waals surface area (Å²) < 4.78 is 10.2. The zero-order valence-corrected chi connectivity index (χ0v) is 11.0. The van der Waals surface area contributed by atoms with Gasteiger partial charge in [-0.15, -0.1) is 0 Å². The minimum Gasteiger partial charge on any atom is -0.507 e. The topological polar surface area (TPSA) is 97.0 Å². The van der Waals surface area contributed by atoms with Gasteiger partial charge in [-0.1, -0.05) is 0 Å². The fraction of sp³-hybridized carbons (Fsp3) is 0.286. The number of carbonyl (C=O) groups is 1. The van der Waals surface area contributed by atoms with Gasteiger partial charge in [-0.2, -0.15) is 0 Å². The fourth-order valence-corrected chi connectivity index (χ4v) is 1.88. The highest BCUT2D eigenvalue weighted by Gasteiger charge is 2.19. The number of rotatable bonds is 4. The van der Waals surface area contributed by atoms with Crippen molar-refractivity contribution < 1.29 is 24.2 Å². The summed E-state index contributed by atoms with van der Waals surface area (Å²) in [6.07, 6.45) is 0. The van der Waals surface area contributed by atoms with Crippen LogP contribution in [0.15, 0.2) is 27.4 Å². The highest BCUT2D eigenvalue weighted by atomic mass is 16.5. The molecule has 0 aliphatic heterocycles. The van der Waals surface area contributed by atoms with Gasteiger partial charge in [0.25, 0.3) is 0 Å². The van der Waals surface area contributed by atoms with E-state index in [4.69, 9.17) is 14.3 Å². The van der Waals surface area contributed by atoms with E-state index in [0.717, 1.165) is 0 Å². The maximum absolute atomic E-state index is 11.9. The smallest absolute Gasteiger partial charge is 0.347 e. The third kappa shape index (κ3) is 2.45. The first kappa shape index (κ1) is 13.9. The summed E-state index contributed by atoms with van der Waals surface area (Å²) >= 11 is 0. The summed E-state index contributed by atoms with van der Waals surface area (Å²) in [5.74, 6) is -1.88. The monoisotopic (exact) mass is 278 g/mol. The molecule has 1 heterocycles. The molecule has 20 heavy (non-hydrogen) atoms. The van der Waals surface area contributed by atoms with Gasteiger partial charge in [0.1, 0.15) is 28.6 Å². The summed E-state index contributed by atoms with van der Waals surface area (Å²) in [5, 5.41) is 19.2. The van der Waals surface area contributed by atoms with Gasteiger partial charge >= 0.3 is 11.6 Å². The number of fused-ring (bicyclic) bond motifs is 1. The molecule has 2 aromatic rings. The largest absolute Gasteiger partial charge is 0.507 e. The van der Waals surface area contributed by atoms with E-state index in [-0.39, 0.29) is 16.9 Å². The van der Waals surface area contributed by atoms with Crippen molar-refractivity contribution >= 4 is 16.7 Å². The van der Waals surface area contributed by atoms with Crippen LogP contribution in [0.2, 0.25) is 0 Å². The van der Waals surface area contributed by atoms with E-state index in [2.05, 4.69) is 0 Å². The third-order valence-corrected chi connectivity index (χ3v) is 2.94. The van der Waals surface area contributed by atoms with Gasteiger partial charge in [0.2, 0.25) is 0 Å². The van der Waals surface area contributed by atoms with Crippen LogP contribution in [-0.2, 0) is 4.79 Å². The molecule has 0 bridgehead atoms. The van der Waals surface area contributed by atoms with Crippen LogP contribution < -0.4 is 10.4 Å². The Morgan fingerprint density at radius 2 is 2.10 bits per heavy atom. The van der Waals surface area contributed by atoms with Gasteiger partial charge in [-0.3, -0.25) is 4.79 Å². The second kappa shape index (κ2) is 5.24. The highest BCUT2D eigenvalue weighted by Crippen LogP contribution is 2.30. The van der Waals surface area contributed by atoms with Crippen LogP contribution in [0.5, 0.6) is 11.5 Å². The zero-order valence-electron chi connectivity index (χ0n) is 11.0. The molecule has 1 atom stereocenters. The van der Waals surface area contributed by atoms with Gasteiger partial charge in [0, 0.05) is 6.07 Å². The Hall–Kier alpha value is -2.50. The van der Waals surface area contributed by atoms with Crippen LogP contribution in [-0.4, -0.2) is 22.8 Å². The lowest BCUT2D eigenvalue weighted by molar-refractivity contribution is -0.138. The van der Waals surface area contributed by atoms with Gasteiger partial charge < -0.3 is 19.4 Å². The second-order valence-electron chi connectivity index (χ2n) is 4.34. The normalized spacial score (nSPS) is 12.3. The summed E-state index contributed by atoms with van der Waals surface area (Å²) in [6, 6.07) is 4.31. The molecular formula is C14H14O6. The van der Waals surface area contributed by atoms with Crippen molar-refractivity contribution in [1.82, 2.24) is 0 Å². The van der Waals surface area contributed by atoms with E-state index in [1.54, 1.807) is 13.0 Å². The molecule has 0 spiro atoms. The average molecular weight is 278 g/mol. The number of aliphatic carboxylic acids is 1. The average Bonchev–Trinajstić information content (AvgIpc) is 2.36. The lowest BCUT2D eigenvalue weighted by Crippen LogP contribution is -2.11. The summed E-state index contributed by atoms with van der Waals surface area (Å²) in [5.41, 5.74) is -0.772. The van der Waals surface area contributed by atoms with Crippen LogP contribution in [0.3, 0.4) is 0 Å². The van der Waals surface area contributed by atoms with Crippen molar-refractivity contribution in [2.75, 3.05) is 6.61 Å². The number of hydrogen-bond acceptors (Lipinski definition) is 5. The molecular weight excluding hydrogens is 264 g/mol. The first-order valence-corrected chi connectivity index (χ1v) is 6.10. The Labute approximate surface area is 114 Å². The quantitative estimate of drug-likeness (QED) is 0.888. The number of aromatic hydroxyl groups is 1. The maximum atomic E-state index is 11.9. The minimum atomic E-state index is -1.10. The first-order valence-electron chi connectivity index (χ1n) is 6.10. The van der Waals surface area contributed by atoms with Crippen molar-refractivity contribution in [3.05, 3.63) is 34.4 Å². The molecule has 0 aliphatic carbocycles. The minimum absolute atomic E-state index is 0.00907. The Kier molecular flexibility index (Phi) is 3.65. The van der Waals surface area contributed by atoms with E-state index in [1.165, 1.54) is 19.1 Å². The molecule has 106 valence electrons. The SMILES string of the molecule is CCOc1cc(O)c2c(=O)oc(C(C)C(=O)O)cc2c1. The molecule has 2 N–H and O–H groups in total. The third-order valence-electron chi connectivity index (χ3n) is 2.94. The van der Waals surface area contributed by atoms with E-state index in [9.17, 15) is 14.7 Å². The standard InChI is InChI=1S/C14H14O6/c1-3-19-9-4-8-5-11(7(2)13(16)17)20-14(18)12(8)10(15)6-9/h4-7,15H,3H2,1-2H3,(H,16,17). The molecule has 1 unspecified atom stereocenters. The molecule has 1 aromatic carbocycles. The molecule has 2 rings (SSSR count).